The van der Waals surface area contributed by atoms with Gasteiger partial charge < -0.3 is 20.1 Å². The highest BCUT2D eigenvalue weighted by Crippen LogP contribution is 2.30. The molecule has 0 spiro atoms. The number of nitrogens with zero attached hydrogens (tertiary/aromatic N) is 4. The predicted molar refractivity (Wildman–Crippen MR) is 155 cm³/mol. The maximum absolute atomic E-state index is 13.0. The number of aromatic nitrogens is 3. The average molecular weight is 570 g/mol. The number of thiazole rings is 1. The maximum atomic E-state index is 13.0. The highest BCUT2D eigenvalue weighted by Gasteiger charge is 2.32. The van der Waals surface area contributed by atoms with Crippen LogP contribution in [-0.2, 0) is 15.6 Å². The van der Waals surface area contributed by atoms with Gasteiger partial charge in [0, 0.05) is 37.8 Å². The van der Waals surface area contributed by atoms with E-state index in [2.05, 4.69) is 20.5 Å². The molecule has 1 aromatic carbocycles. The highest BCUT2D eigenvalue weighted by atomic mass is 32.2. The van der Waals surface area contributed by atoms with Crippen LogP contribution in [0.25, 0.3) is 11.3 Å². The summed E-state index contributed by atoms with van der Waals surface area (Å²) in [4.78, 5) is 41.8. The van der Waals surface area contributed by atoms with Gasteiger partial charge in [0.15, 0.2) is 5.13 Å². The number of carbonyl (C=O) groups excluding carboxylic acids is 2. The molecule has 12 heteroatoms. The zero-order chi connectivity index (χ0) is 27.4. The van der Waals surface area contributed by atoms with Crippen LogP contribution in [-0.4, -0.2) is 81.5 Å². The van der Waals surface area contributed by atoms with Crippen LogP contribution in [0.2, 0.25) is 0 Å². The first-order valence-electron chi connectivity index (χ1n) is 13.2. The standard InChI is InChI=1S/C27H32N6O4S2/c1-3-37-24(35)23-17(2)29-27(38-23)32-26-30-21(16-22(31-26)33-12-8-20(34)9-13-33)18-4-6-19(7-5-18)25(36)39-14-10-28-11-15-39/h4-7,16,20,28,34H,3,8-15H2,1-2H3/p+1. The molecule has 0 bridgehead atoms. The van der Waals surface area contributed by atoms with E-state index in [1.54, 1.807) is 13.8 Å². The van der Waals surface area contributed by atoms with Crippen LogP contribution in [0.1, 0.15) is 45.5 Å². The number of ether oxygens (including phenoxy) is 1. The molecule has 0 radical (unpaired) electrons. The van der Waals surface area contributed by atoms with Gasteiger partial charge >= 0.3 is 11.1 Å². The molecule has 2 fully saturated rings. The van der Waals surface area contributed by atoms with Crippen molar-refractivity contribution >= 4 is 50.2 Å². The van der Waals surface area contributed by atoms with Gasteiger partial charge in [-0.05, 0) is 38.8 Å². The number of hydrogen-bond donors (Lipinski definition) is 3. The van der Waals surface area contributed by atoms with Gasteiger partial charge in [0.1, 0.15) is 22.2 Å². The van der Waals surface area contributed by atoms with Crippen LogP contribution < -0.4 is 15.5 Å². The molecule has 3 N–H and O–H groups in total. The lowest BCUT2D eigenvalue weighted by atomic mass is 10.1. The second-order valence-electron chi connectivity index (χ2n) is 9.45. The normalized spacial score (nSPS) is 16.7. The van der Waals surface area contributed by atoms with Crippen molar-refractivity contribution in [3.63, 3.8) is 0 Å². The van der Waals surface area contributed by atoms with Crippen molar-refractivity contribution < 1.29 is 19.4 Å². The number of nitrogens with one attached hydrogen (secondary N) is 2. The third kappa shape index (κ3) is 6.57. The van der Waals surface area contributed by atoms with Crippen LogP contribution in [0, 0.1) is 6.92 Å². The molecule has 206 valence electrons. The summed E-state index contributed by atoms with van der Waals surface area (Å²) in [6, 6.07) is 9.57. The van der Waals surface area contributed by atoms with E-state index in [-0.39, 0.29) is 22.1 Å². The quantitative estimate of drug-likeness (QED) is 0.288. The Morgan fingerprint density at radius 3 is 2.56 bits per heavy atom. The number of aryl methyl sites for hydroxylation is 1. The summed E-state index contributed by atoms with van der Waals surface area (Å²) in [7, 11) is -0.236. The topological polar surface area (TPSA) is 130 Å². The van der Waals surface area contributed by atoms with Gasteiger partial charge in [-0.15, -0.1) is 0 Å². The van der Waals surface area contributed by atoms with Gasteiger partial charge in [-0.2, -0.15) is 4.98 Å². The Hall–Kier alpha value is -3.06. The van der Waals surface area contributed by atoms with Gasteiger partial charge in [-0.1, -0.05) is 23.5 Å². The Balaban J connectivity index is 1.43. The smallest absolute Gasteiger partial charge is 0.362 e. The second kappa shape index (κ2) is 12.4. The molecule has 3 aromatic rings. The molecular formula is C27H33N6O4S2+. The van der Waals surface area contributed by atoms with E-state index in [1.807, 2.05) is 30.3 Å². The fourth-order valence-corrected chi connectivity index (χ4v) is 7.25. The summed E-state index contributed by atoms with van der Waals surface area (Å²) in [5.74, 6) is 2.48. The van der Waals surface area contributed by atoms with Gasteiger partial charge in [-0.3, -0.25) is 5.32 Å². The summed E-state index contributed by atoms with van der Waals surface area (Å²) in [6.45, 7) is 6.98. The zero-order valence-corrected chi connectivity index (χ0v) is 23.7. The third-order valence-electron chi connectivity index (χ3n) is 6.71. The van der Waals surface area contributed by atoms with Gasteiger partial charge in [-0.25, -0.2) is 19.6 Å². The minimum atomic E-state index is -0.400. The van der Waals surface area contributed by atoms with Crippen LogP contribution in [0.5, 0.6) is 0 Å². The highest BCUT2D eigenvalue weighted by molar-refractivity contribution is 8.11. The molecule has 0 amide bonds. The number of hydrogen-bond acceptors (Lipinski definition) is 11. The molecule has 0 aliphatic carbocycles. The van der Waals surface area contributed by atoms with Crippen LogP contribution in [0.15, 0.2) is 30.3 Å². The Kier molecular flexibility index (Phi) is 8.75. The number of aliphatic hydroxyl groups is 1. The van der Waals surface area contributed by atoms with E-state index in [1.165, 1.54) is 11.3 Å². The number of benzene rings is 1. The molecule has 2 aliphatic heterocycles. The fourth-order valence-electron chi connectivity index (χ4n) is 4.57. The maximum Gasteiger partial charge on any atom is 0.362 e. The summed E-state index contributed by atoms with van der Waals surface area (Å²) in [5.41, 5.74) is 2.88. The van der Waals surface area contributed by atoms with E-state index in [4.69, 9.17) is 14.7 Å². The largest absolute Gasteiger partial charge is 0.462 e. The Morgan fingerprint density at radius 2 is 1.87 bits per heavy atom. The number of rotatable bonds is 7. The van der Waals surface area contributed by atoms with Crippen molar-refractivity contribution in [2.24, 2.45) is 0 Å². The molecule has 5 rings (SSSR count). The van der Waals surface area contributed by atoms with Crippen LogP contribution in [0.4, 0.5) is 16.9 Å². The lowest BCUT2D eigenvalue weighted by Crippen LogP contribution is -2.39. The third-order valence-corrected chi connectivity index (χ3v) is 9.91. The summed E-state index contributed by atoms with van der Waals surface area (Å²) in [6.07, 6.45) is 1.04. The van der Waals surface area contributed by atoms with Crippen molar-refractivity contribution in [3.05, 3.63) is 46.5 Å². The molecule has 0 atom stereocenters. The number of esters is 1. The van der Waals surface area contributed by atoms with E-state index in [9.17, 15) is 14.7 Å². The molecule has 39 heavy (non-hydrogen) atoms. The van der Waals surface area contributed by atoms with Gasteiger partial charge in [0.05, 0.1) is 40.6 Å². The lowest BCUT2D eigenvalue weighted by molar-refractivity contribution is 0.0531. The van der Waals surface area contributed by atoms with E-state index >= 15 is 0 Å². The van der Waals surface area contributed by atoms with Crippen LogP contribution in [0.3, 0.4) is 0 Å². The summed E-state index contributed by atoms with van der Waals surface area (Å²) >= 11 is 1.20. The molecule has 2 saturated heterocycles. The average Bonchev–Trinajstić information content (AvgIpc) is 3.33. The minimum Gasteiger partial charge on any atom is -0.462 e. The van der Waals surface area contributed by atoms with E-state index in [0.29, 0.717) is 59.9 Å². The van der Waals surface area contributed by atoms with Crippen molar-refractivity contribution in [2.45, 2.75) is 32.8 Å². The number of carbonyl (C=O) groups is 2. The van der Waals surface area contributed by atoms with E-state index < -0.39 is 5.97 Å². The van der Waals surface area contributed by atoms with Crippen LogP contribution >= 0.6 is 11.3 Å². The second-order valence-corrected chi connectivity index (χ2v) is 12.6. The monoisotopic (exact) mass is 569 g/mol. The molecule has 10 nitrogen and oxygen atoms in total. The Morgan fingerprint density at radius 1 is 1.15 bits per heavy atom. The van der Waals surface area contributed by atoms with Crippen molar-refractivity contribution in [3.8, 4) is 11.3 Å². The van der Waals surface area contributed by atoms with Crippen molar-refractivity contribution in [1.29, 1.82) is 0 Å². The zero-order valence-electron chi connectivity index (χ0n) is 22.1. The van der Waals surface area contributed by atoms with Gasteiger partial charge in [0.25, 0.3) is 0 Å². The lowest BCUT2D eigenvalue weighted by Gasteiger charge is -2.30. The SMILES string of the molecule is CCOC(=O)c1sc(Nc2nc(-c3ccc(C(=O)[S+]4CCNCC4)cc3)cc(N3CCC(O)CC3)n2)nc1C. The summed E-state index contributed by atoms with van der Waals surface area (Å²) < 4.78 is 5.14. The van der Waals surface area contributed by atoms with Crippen molar-refractivity contribution in [2.75, 3.05) is 54.5 Å². The predicted octanol–water partition coefficient (Wildman–Crippen LogP) is 3.15. The molecule has 2 aliphatic rings. The van der Waals surface area contributed by atoms with E-state index in [0.717, 1.165) is 41.5 Å². The van der Waals surface area contributed by atoms with Crippen molar-refractivity contribution in [1.82, 2.24) is 20.3 Å². The first-order chi connectivity index (χ1) is 18.9. The summed E-state index contributed by atoms with van der Waals surface area (Å²) in [5, 5.41) is 17.2. The number of anilines is 3. The first-order valence-corrected chi connectivity index (χ1v) is 15.6. The fraction of sp³-hybridized carbons (Fsp3) is 0.444. The minimum absolute atomic E-state index is 0.220. The number of aliphatic hydroxyl groups excluding tert-OH is 1. The molecule has 4 heterocycles. The number of piperidine rings is 1. The molecule has 0 unspecified atom stereocenters. The first kappa shape index (κ1) is 27.5. The van der Waals surface area contributed by atoms with Gasteiger partial charge in [0.2, 0.25) is 5.95 Å². The Labute approximate surface area is 234 Å². The molecular weight excluding hydrogens is 536 g/mol. The molecule has 0 saturated carbocycles. The Bertz CT molecular complexity index is 1320. The molecule has 2 aromatic heterocycles.